The molecule has 0 unspecified atom stereocenters. The van der Waals surface area contributed by atoms with Crippen LogP contribution < -0.4 is 11.1 Å². The number of esters is 1. The van der Waals surface area contributed by atoms with Gasteiger partial charge in [-0.1, -0.05) is 12.8 Å². The highest BCUT2D eigenvalue weighted by Crippen LogP contribution is 2.17. The van der Waals surface area contributed by atoms with Gasteiger partial charge in [-0.2, -0.15) is 0 Å². The number of carbonyl (C=O) groups is 2. The van der Waals surface area contributed by atoms with E-state index in [-0.39, 0.29) is 29.8 Å². The highest BCUT2D eigenvalue weighted by molar-refractivity contribution is 5.92. The third-order valence-electron chi connectivity index (χ3n) is 3.21. The van der Waals surface area contributed by atoms with Crippen molar-refractivity contribution in [3.05, 3.63) is 29.6 Å². The molecule has 20 heavy (non-hydrogen) atoms. The van der Waals surface area contributed by atoms with E-state index in [1.807, 2.05) is 0 Å². The molecule has 1 saturated carbocycles. The van der Waals surface area contributed by atoms with E-state index < -0.39 is 11.8 Å². The molecule has 1 amide bonds. The van der Waals surface area contributed by atoms with Gasteiger partial charge in [-0.3, -0.25) is 4.79 Å². The lowest BCUT2D eigenvalue weighted by Gasteiger charge is -2.12. The standard InChI is InChI=1S/C14H17FN2O3/c15-10-5-9(6-11(16)7-10)14(19)20-8-13(18)17-12-3-1-2-4-12/h5-7,12H,1-4,8,16H2,(H,17,18). The third-order valence-corrected chi connectivity index (χ3v) is 3.21. The SMILES string of the molecule is Nc1cc(F)cc(C(=O)OCC(=O)NC2CCCC2)c1. The predicted molar refractivity (Wildman–Crippen MR) is 71.5 cm³/mol. The van der Waals surface area contributed by atoms with Crippen LogP contribution in [0.3, 0.4) is 0 Å². The van der Waals surface area contributed by atoms with Crippen molar-refractivity contribution >= 4 is 17.6 Å². The summed E-state index contributed by atoms with van der Waals surface area (Å²) in [6.07, 6.45) is 4.13. The van der Waals surface area contributed by atoms with Crippen LogP contribution in [-0.4, -0.2) is 24.5 Å². The van der Waals surface area contributed by atoms with E-state index >= 15 is 0 Å². The number of halogens is 1. The van der Waals surface area contributed by atoms with Gasteiger partial charge in [0.2, 0.25) is 0 Å². The summed E-state index contributed by atoms with van der Waals surface area (Å²) in [7, 11) is 0. The fraction of sp³-hybridized carbons (Fsp3) is 0.429. The Morgan fingerprint density at radius 2 is 2.00 bits per heavy atom. The summed E-state index contributed by atoms with van der Waals surface area (Å²) in [5.74, 6) is -1.72. The third kappa shape index (κ3) is 3.94. The van der Waals surface area contributed by atoms with E-state index in [0.717, 1.165) is 37.8 Å². The Kier molecular flexibility index (Phi) is 4.55. The number of nitrogen functional groups attached to an aromatic ring is 1. The number of carbonyl (C=O) groups excluding carboxylic acids is 2. The molecular formula is C14H17FN2O3. The lowest BCUT2D eigenvalue weighted by molar-refractivity contribution is -0.124. The van der Waals surface area contributed by atoms with Crippen molar-refractivity contribution in [1.29, 1.82) is 0 Å². The Morgan fingerprint density at radius 3 is 2.65 bits per heavy atom. The lowest BCUT2D eigenvalue weighted by atomic mass is 10.2. The first-order chi connectivity index (χ1) is 9.54. The Labute approximate surface area is 116 Å². The second-order valence-electron chi connectivity index (χ2n) is 4.90. The molecule has 1 aromatic rings. The first-order valence-corrected chi connectivity index (χ1v) is 6.57. The first-order valence-electron chi connectivity index (χ1n) is 6.57. The smallest absolute Gasteiger partial charge is 0.338 e. The van der Waals surface area contributed by atoms with Gasteiger partial charge in [0.25, 0.3) is 5.91 Å². The van der Waals surface area contributed by atoms with Crippen molar-refractivity contribution in [2.45, 2.75) is 31.7 Å². The van der Waals surface area contributed by atoms with Gasteiger partial charge in [0.1, 0.15) is 5.82 Å². The van der Waals surface area contributed by atoms with Crippen LogP contribution in [0.1, 0.15) is 36.0 Å². The minimum Gasteiger partial charge on any atom is -0.452 e. The first kappa shape index (κ1) is 14.3. The molecule has 1 aliphatic carbocycles. The van der Waals surface area contributed by atoms with Crippen molar-refractivity contribution in [2.24, 2.45) is 0 Å². The van der Waals surface area contributed by atoms with Crippen LogP contribution in [0.15, 0.2) is 18.2 Å². The molecule has 1 aliphatic rings. The van der Waals surface area contributed by atoms with Gasteiger partial charge in [-0.05, 0) is 31.0 Å². The Bertz CT molecular complexity index is 493. The number of amides is 1. The molecule has 0 saturated heterocycles. The molecule has 2 rings (SSSR count). The number of hydrogen-bond donors (Lipinski definition) is 2. The van der Waals surface area contributed by atoms with Gasteiger partial charge in [0.05, 0.1) is 5.56 Å². The van der Waals surface area contributed by atoms with E-state index in [1.54, 1.807) is 0 Å². The molecule has 1 fully saturated rings. The monoisotopic (exact) mass is 280 g/mol. The van der Waals surface area contributed by atoms with E-state index in [2.05, 4.69) is 5.32 Å². The average Bonchev–Trinajstić information content (AvgIpc) is 2.87. The number of hydrogen-bond acceptors (Lipinski definition) is 4. The van der Waals surface area contributed by atoms with Crippen LogP contribution in [0.5, 0.6) is 0 Å². The molecular weight excluding hydrogens is 263 g/mol. The normalized spacial score (nSPS) is 15.1. The molecule has 0 heterocycles. The molecule has 0 bridgehead atoms. The van der Waals surface area contributed by atoms with E-state index in [9.17, 15) is 14.0 Å². The van der Waals surface area contributed by atoms with Crippen LogP contribution in [0, 0.1) is 5.82 Å². The highest BCUT2D eigenvalue weighted by atomic mass is 19.1. The van der Waals surface area contributed by atoms with Crippen molar-refractivity contribution in [2.75, 3.05) is 12.3 Å². The van der Waals surface area contributed by atoms with Crippen molar-refractivity contribution in [1.82, 2.24) is 5.32 Å². The topological polar surface area (TPSA) is 81.4 Å². The quantitative estimate of drug-likeness (QED) is 0.648. The zero-order valence-corrected chi connectivity index (χ0v) is 11.0. The number of ether oxygens (including phenoxy) is 1. The van der Waals surface area contributed by atoms with Gasteiger partial charge >= 0.3 is 5.97 Å². The van der Waals surface area contributed by atoms with E-state index in [4.69, 9.17) is 10.5 Å². The van der Waals surface area contributed by atoms with Crippen LogP contribution in [0.4, 0.5) is 10.1 Å². The number of nitrogens with two attached hydrogens (primary N) is 1. The summed E-state index contributed by atoms with van der Waals surface area (Å²) in [6.45, 7) is -0.369. The Morgan fingerprint density at radius 1 is 1.30 bits per heavy atom. The Balaban J connectivity index is 1.83. The fourth-order valence-corrected chi connectivity index (χ4v) is 2.28. The Hall–Kier alpha value is -2.11. The maximum absolute atomic E-state index is 13.1. The van der Waals surface area contributed by atoms with Crippen LogP contribution in [0.25, 0.3) is 0 Å². The van der Waals surface area contributed by atoms with Crippen molar-refractivity contribution in [3.8, 4) is 0 Å². The summed E-state index contributed by atoms with van der Waals surface area (Å²) >= 11 is 0. The maximum Gasteiger partial charge on any atom is 0.338 e. The minimum absolute atomic E-state index is 0.00355. The number of benzene rings is 1. The molecule has 0 aromatic heterocycles. The molecule has 108 valence electrons. The largest absolute Gasteiger partial charge is 0.452 e. The van der Waals surface area contributed by atoms with Crippen LogP contribution in [-0.2, 0) is 9.53 Å². The second kappa shape index (κ2) is 6.36. The van der Waals surface area contributed by atoms with Crippen molar-refractivity contribution < 1.29 is 18.7 Å². The molecule has 0 radical (unpaired) electrons. The number of nitrogens with one attached hydrogen (secondary N) is 1. The fourth-order valence-electron chi connectivity index (χ4n) is 2.28. The van der Waals surface area contributed by atoms with Gasteiger partial charge < -0.3 is 15.8 Å². The molecule has 0 spiro atoms. The summed E-state index contributed by atoms with van der Waals surface area (Å²) in [5.41, 5.74) is 5.56. The minimum atomic E-state index is -0.766. The molecule has 1 aromatic carbocycles. The second-order valence-corrected chi connectivity index (χ2v) is 4.90. The van der Waals surface area contributed by atoms with E-state index in [1.165, 1.54) is 6.07 Å². The molecule has 6 heteroatoms. The van der Waals surface area contributed by atoms with Gasteiger partial charge in [-0.25, -0.2) is 9.18 Å². The average molecular weight is 280 g/mol. The zero-order chi connectivity index (χ0) is 14.5. The van der Waals surface area contributed by atoms with Gasteiger partial charge in [-0.15, -0.1) is 0 Å². The predicted octanol–water partition coefficient (Wildman–Crippen LogP) is 1.62. The van der Waals surface area contributed by atoms with Gasteiger partial charge in [0, 0.05) is 11.7 Å². The van der Waals surface area contributed by atoms with Crippen LogP contribution in [0.2, 0.25) is 0 Å². The van der Waals surface area contributed by atoms with Crippen LogP contribution >= 0.6 is 0 Å². The summed E-state index contributed by atoms with van der Waals surface area (Å²) in [6, 6.07) is 3.60. The molecule has 5 nitrogen and oxygen atoms in total. The van der Waals surface area contributed by atoms with Gasteiger partial charge in [0.15, 0.2) is 6.61 Å². The maximum atomic E-state index is 13.1. The summed E-state index contributed by atoms with van der Waals surface area (Å²) in [5, 5.41) is 2.79. The number of anilines is 1. The number of rotatable bonds is 4. The molecule has 0 atom stereocenters. The van der Waals surface area contributed by atoms with E-state index in [0.29, 0.717) is 0 Å². The zero-order valence-electron chi connectivity index (χ0n) is 11.0. The highest BCUT2D eigenvalue weighted by Gasteiger charge is 2.18. The summed E-state index contributed by atoms with van der Waals surface area (Å²) < 4.78 is 17.9. The summed E-state index contributed by atoms with van der Waals surface area (Å²) in [4.78, 5) is 23.2. The molecule has 0 aliphatic heterocycles. The van der Waals surface area contributed by atoms with Crippen molar-refractivity contribution in [3.63, 3.8) is 0 Å². The molecule has 3 N–H and O–H groups in total. The lowest BCUT2D eigenvalue weighted by Crippen LogP contribution is -2.35.